The topological polar surface area (TPSA) is 123 Å². The standard InChI is InChI=1S/C20H12ClFN4.C20H13FN4O/c21-19-17(13-1-3-16(22)4-2-13)18(14-5-9-23-10-6-14)25-20(26-19)15-7-11-24-12-8-15;21-16-3-1-13(2-4-16)17-18(14-5-9-22-10-6-14)24-19(25-20(17)26)15-7-11-23-12-8-15/h1-12H;1-12H,(H,24,25,26). The van der Waals surface area contributed by atoms with Crippen LogP contribution in [0.2, 0.25) is 5.15 Å². The molecule has 1 N–H and O–H groups in total. The second kappa shape index (κ2) is 15.4. The van der Waals surface area contributed by atoms with E-state index < -0.39 is 0 Å². The van der Waals surface area contributed by atoms with E-state index in [4.69, 9.17) is 16.6 Å². The molecule has 0 aliphatic rings. The van der Waals surface area contributed by atoms with Crippen LogP contribution in [0.5, 0.6) is 0 Å². The van der Waals surface area contributed by atoms with Gasteiger partial charge in [-0.2, -0.15) is 0 Å². The van der Waals surface area contributed by atoms with Crippen molar-refractivity contribution in [2.75, 3.05) is 0 Å². The summed E-state index contributed by atoms with van der Waals surface area (Å²) in [4.78, 5) is 45.6. The van der Waals surface area contributed by atoms with Crippen molar-refractivity contribution in [1.82, 2.24) is 39.9 Å². The minimum atomic E-state index is -0.364. The zero-order valence-electron chi connectivity index (χ0n) is 27.0. The zero-order valence-corrected chi connectivity index (χ0v) is 27.8. The van der Waals surface area contributed by atoms with Crippen molar-refractivity contribution in [2.45, 2.75) is 0 Å². The smallest absolute Gasteiger partial charge is 0.259 e. The van der Waals surface area contributed by atoms with Crippen LogP contribution in [0.15, 0.2) is 151 Å². The first-order valence-electron chi connectivity index (χ1n) is 15.8. The lowest BCUT2D eigenvalue weighted by Gasteiger charge is -2.13. The van der Waals surface area contributed by atoms with Crippen molar-refractivity contribution in [3.8, 4) is 67.5 Å². The third-order valence-electron chi connectivity index (χ3n) is 7.85. The molecule has 0 radical (unpaired) electrons. The Hall–Kier alpha value is -6.85. The highest BCUT2D eigenvalue weighted by molar-refractivity contribution is 6.33. The lowest BCUT2D eigenvalue weighted by molar-refractivity contribution is 0.627. The molecule has 0 atom stereocenters. The average Bonchev–Trinajstić information content (AvgIpc) is 3.20. The number of benzene rings is 2. The van der Waals surface area contributed by atoms with E-state index in [2.05, 4.69) is 34.9 Å². The van der Waals surface area contributed by atoms with Gasteiger partial charge in [0.25, 0.3) is 5.56 Å². The van der Waals surface area contributed by atoms with Crippen LogP contribution in [-0.2, 0) is 0 Å². The van der Waals surface area contributed by atoms with Gasteiger partial charge in [0.05, 0.1) is 17.0 Å². The van der Waals surface area contributed by atoms with Crippen LogP contribution in [0.4, 0.5) is 8.78 Å². The molecule has 2 aromatic carbocycles. The summed E-state index contributed by atoms with van der Waals surface area (Å²) < 4.78 is 26.6. The van der Waals surface area contributed by atoms with Gasteiger partial charge in [0, 0.05) is 77.4 Å². The number of rotatable bonds is 6. The predicted octanol–water partition coefficient (Wildman–Crippen LogP) is 8.76. The molecule has 6 heterocycles. The monoisotopic (exact) mass is 706 g/mol. The molecule has 52 heavy (non-hydrogen) atoms. The molecule has 0 fully saturated rings. The number of H-pyrrole nitrogens is 1. The van der Waals surface area contributed by atoms with Crippen LogP contribution in [0, 0.1) is 11.6 Å². The number of aromatic amines is 1. The Labute approximate surface area is 300 Å². The Balaban J connectivity index is 0.000000162. The van der Waals surface area contributed by atoms with E-state index in [-0.39, 0.29) is 17.2 Å². The van der Waals surface area contributed by atoms with Crippen molar-refractivity contribution in [3.05, 3.63) is 174 Å². The van der Waals surface area contributed by atoms with Gasteiger partial charge in [-0.15, -0.1) is 0 Å². The van der Waals surface area contributed by atoms with E-state index in [1.807, 2.05) is 24.3 Å². The number of nitrogens with one attached hydrogen (secondary N) is 1. The van der Waals surface area contributed by atoms with E-state index in [9.17, 15) is 13.6 Å². The van der Waals surface area contributed by atoms with Crippen molar-refractivity contribution in [2.24, 2.45) is 0 Å². The summed E-state index contributed by atoms with van der Waals surface area (Å²) in [7, 11) is 0. The van der Waals surface area contributed by atoms with Gasteiger partial charge in [-0.05, 0) is 83.9 Å². The summed E-state index contributed by atoms with van der Waals surface area (Å²) in [6.07, 6.45) is 13.3. The molecule has 0 spiro atoms. The van der Waals surface area contributed by atoms with Gasteiger partial charge in [-0.3, -0.25) is 24.7 Å². The fourth-order valence-electron chi connectivity index (χ4n) is 5.38. The number of hydrogen-bond donors (Lipinski definition) is 1. The van der Waals surface area contributed by atoms with Gasteiger partial charge >= 0.3 is 0 Å². The average molecular weight is 707 g/mol. The summed E-state index contributed by atoms with van der Waals surface area (Å²) in [6.45, 7) is 0. The fourth-order valence-corrected chi connectivity index (χ4v) is 5.66. The third kappa shape index (κ3) is 7.49. The lowest BCUT2D eigenvalue weighted by atomic mass is 10.0. The second-order valence-corrected chi connectivity index (χ2v) is 11.5. The van der Waals surface area contributed by atoms with Crippen LogP contribution >= 0.6 is 11.6 Å². The molecule has 0 saturated carbocycles. The van der Waals surface area contributed by atoms with Crippen LogP contribution in [0.3, 0.4) is 0 Å². The Morgan fingerprint density at radius 3 is 1.33 bits per heavy atom. The van der Waals surface area contributed by atoms with Gasteiger partial charge in [0.1, 0.15) is 22.6 Å². The minimum Gasteiger partial charge on any atom is -0.306 e. The zero-order chi connectivity index (χ0) is 35.9. The maximum Gasteiger partial charge on any atom is 0.259 e. The first-order valence-corrected chi connectivity index (χ1v) is 16.2. The fraction of sp³-hybridized carbons (Fsp3) is 0. The van der Waals surface area contributed by atoms with Crippen molar-refractivity contribution in [3.63, 3.8) is 0 Å². The van der Waals surface area contributed by atoms with Crippen LogP contribution < -0.4 is 5.56 Å². The summed E-state index contributed by atoms with van der Waals surface area (Å²) in [5.41, 5.74) is 6.38. The molecule has 9 nitrogen and oxygen atoms in total. The Morgan fingerprint density at radius 2 is 0.846 bits per heavy atom. The Morgan fingerprint density at radius 1 is 0.442 bits per heavy atom. The lowest BCUT2D eigenvalue weighted by Crippen LogP contribution is -2.14. The molecule has 6 aromatic heterocycles. The second-order valence-electron chi connectivity index (χ2n) is 11.2. The number of halogens is 3. The SMILES string of the molecule is Fc1ccc(-c2c(Cl)nc(-c3ccncc3)nc2-c2ccncc2)cc1.O=c1[nH]c(-c2ccncc2)nc(-c2ccncc2)c1-c1ccc(F)cc1. The van der Waals surface area contributed by atoms with Crippen LogP contribution in [0.1, 0.15) is 0 Å². The Kier molecular flexibility index (Phi) is 9.94. The molecular weight excluding hydrogens is 682 g/mol. The quantitative estimate of drug-likeness (QED) is 0.170. The van der Waals surface area contributed by atoms with Crippen molar-refractivity contribution < 1.29 is 8.78 Å². The minimum absolute atomic E-state index is 0.297. The molecule has 0 amide bonds. The van der Waals surface area contributed by atoms with E-state index in [0.29, 0.717) is 44.9 Å². The molecule has 0 saturated heterocycles. The summed E-state index contributed by atoms with van der Waals surface area (Å²) in [5, 5.41) is 0.297. The van der Waals surface area contributed by atoms with Gasteiger partial charge in [-0.25, -0.2) is 23.7 Å². The van der Waals surface area contributed by atoms with Gasteiger partial charge in [0.15, 0.2) is 5.82 Å². The van der Waals surface area contributed by atoms with Crippen molar-refractivity contribution >= 4 is 11.6 Å². The number of hydrogen-bond acceptors (Lipinski definition) is 8. The van der Waals surface area contributed by atoms with Gasteiger partial charge in [-0.1, -0.05) is 35.9 Å². The van der Waals surface area contributed by atoms with Crippen molar-refractivity contribution in [1.29, 1.82) is 0 Å². The van der Waals surface area contributed by atoms with Crippen LogP contribution in [0.25, 0.3) is 67.5 Å². The highest BCUT2D eigenvalue weighted by Gasteiger charge is 2.19. The molecule has 8 aromatic rings. The van der Waals surface area contributed by atoms with E-state index in [1.165, 1.54) is 24.3 Å². The summed E-state index contributed by atoms with van der Waals surface area (Å²) in [5.74, 6) is 0.256. The van der Waals surface area contributed by atoms with E-state index in [0.717, 1.165) is 27.8 Å². The van der Waals surface area contributed by atoms with E-state index in [1.54, 1.807) is 98.1 Å². The maximum absolute atomic E-state index is 13.3. The first-order chi connectivity index (χ1) is 25.4. The molecule has 252 valence electrons. The summed E-state index contributed by atoms with van der Waals surface area (Å²) in [6, 6.07) is 26.3. The molecule has 0 unspecified atom stereocenters. The third-order valence-corrected chi connectivity index (χ3v) is 8.12. The van der Waals surface area contributed by atoms with Crippen LogP contribution in [-0.4, -0.2) is 39.9 Å². The molecule has 0 bridgehead atoms. The highest BCUT2D eigenvalue weighted by atomic mass is 35.5. The molecule has 8 rings (SSSR count). The number of pyridine rings is 4. The highest BCUT2D eigenvalue weighted by Crippen LogP contribution is 2.37. The maximum atomic E-state index is 13.3. The largest absolute Gasteiger partial charge is 0.306 e. The van der Waals surface area contributed by atoms with Gasteiger partial charge < -0.3 is 4.98 Å². The molecule has 0 aliphatic heterocycles. The number of aromatic nitrogens is 8. The Bertz CT molecular complexity index is 2490. The predicted molar refractivity (Wildman–Crippen MR) is 196 cm³/mol. The molecule has 12 heteroatoms. The molecular formula is C40H25ClF2N8O. The first kappa shape index (κ1) is 33.6. The number of nitrogens with zero attached hydrogens (tertiary/aromatic N) is 7. The molecule has 0 aliphatic carbocycles. The summed E-state index contributed by atoms with van der Waals surface area (Å²) >= 11 is 6.53. The van der Waals surface area contributed by atoms with E-state index >= 15 is 0 Å². The van der Waals surface area contributed by atoms with Gasteiger partial charge in [0.2, 0.25) is 0 Å². The normalized spacial score (nSPS) is 10.7.